The summed E-state index contributed by atoms with van der Waals surface area (Å²) in [5, 5.41) is 10.4. The van der Waals surface area contributed by atoms with E-state index in [1.807, 2.05) is 0 Å². The van der Waals surface area contributed by atoms with Gasteiger partial charge in [0.25, 0.3) is 0 Å². The van der Waals surface area contributed by atoms with Gasteiger partial charge in [0.15, 0.2) is 17.6 Å². The zero-order valence-corrected chi connectivity index (χ0v) is 15.3. The first-order chi connectivity index (χ1) is 12.9. The number of carbonyl (C=O) groups is 1. The van der Waals surface area contributed by atoms with Crippen LogP contribution in [0.5, 0.6) is 11.5 Å². The Bertz CT molecular complexity index is 824. The molecule has 0 aliphatic rings. The molecule has 4 N–H and O–H groups in total. The van der Waals surface area contributed by atoms with Gasteiger partial charge in [-0.25, -0.2) is 9.18 Å². The van der Waals surface area contributed by atoms with Gasteiger partial charge in [0.2, 0.25) is 0 Å². The van der Waals surface area contributed by atoms with E-state index in [-0.39, 0.29) is 23.8 Å². The summed E-state index contributed by atoms with van der Waals surface area (Å²) >= 11 is 0. The number of anilines is 1. The summed E-state index contributed by atoms with van der Waals surface area (Å²) < 4.78 is 30.1. The molecular weight excluding hydrogens is 353 g/mol. The maximum atomic E-state index is 14.8. The van der Waals surface area contributed by atoms with Crippen LogP contribution in [0.4, 0.5) is 10.1 Å². The lowest BCUT2D eigenvalue weighted by molar-refractivity contribution is -0.144. The molecule has 0 fully saturated rings. The van der Waals surface area contributed by atoms with Crippen LogP contribution in [0.2, 0.25) is 0 Å². The van der Waals surface area contributed by atoms with Crippen LogP contribution < -0.4 is 20.5 Å². The third-order valence-electron chi connectivity index (χ3n) is 3.84. The highest BCUT2D eigenvalue weighted by atomic mass is 19.1. The molecule has 0 aliphatic carbocycles. The van der Waals surface area contributed by atoms with Gasteiger partial charge in [-0.15, -0.1) is 0 Å². The summed E-state index contributed by atoms with van der Waals surface area (Å²) in [6.45, 7) is 1.81. The van der Waals surface area contributed by atoms with Gasteiger partial charge < -0.3 is 25.3 Å². The highest BCUT2D eigenvalue weighted by Gasteiger charge is 2.28. The van der Waals surface area contributed by atoms with Crippen LogP contribution in [-0.2, 0) is 9.53 Å². The maximum absolute atomic E-state index is 14.8. The molecule has 2 aromatic carbocycles. The number of nitrogen functional groups attached to an aromatic ring is 1. The molecule has 8 heteroatoms. The van der Waals surface area contributed by atoms with Crippen molar-refractivity contribution >= 4 is 17.5 Å². The minimum Gasteiger partial charge on any atom is -0.497 e. The van der Waals surface area contributed by atoms with Crippen LogP contribution >= 0.6 is 0 Å². The van der Waals surface area contributed by atoms with Gasteiger partial charge in [-0.05, 0) is 37.3 Å². The minimum atomic E-state index is -1.13. The van der Waals surface area contributed by atoms with Crippen molar-refractivity contribution in [1.82, 2.24) is 0 Å². The second kappa shape index (κ2) is 8.88. The van der Waals surface area contributed by atoms with Gasteiger partial charge in [-0.3, -0.25) is 5.41 Å². The number of carbonyl (C=O) groups excluding carboxylic acids is 1. The molecule has 2 aromatic rings. The lowest BCUT2D eigenvalue weighted by atomic mass is 10.0. The predicted octanol–water partition coefficient (Wildman–Crippen LogP) is 2.84. The first-order valence-electron chi connectivity index (χ1n) is 8.20. The molecule has 0 spiro atoms. The Morgan fingerprint density at radius 3 is 2.41 bits per heavy atom. The van der Waals surface area contributed by atoms with Crippen molar-refractivity contribution in [2.45, 2.75) is 13.0 Å². The number of nitrogens with one attached hydrogen (secondary N) is 2. The van der Waals surface area contributed by atoms with Crippen molar-refractivity contribution in [2.75, 3.05) is 26.1 Å². The number of methoxy groups -OCH3 is 2. The monoisotopic (exact) mass is 375 g/mol. The first-order valence-corrected chi connectivity index (χ1v) is 8.20. The lowest BCUT2D eigenvalue weighted by Gasteiger charge is -2.21. The number of rotatable bonds is 8. The molecule has 7 nitrogen and oxygen atoms in total. The second-order valence-corrected chi connectivity index (χ2v) is 5.55. The second-order valence-electron chi connectivity index (χ2n) is 5.55. The Morgan fingerprint density at radius 2 is 1.89 bits per heavy atom. The quantitative estimate of drug-likeness (QED) is 0.372. The van der Waals surface area contributed by atoms with Gasteiger partial charge in [0, 0.05) is 22.9 Å². The number of halogens is 1. The fraction of sp³-hybridized carbons (Fsp3) is 0.263. The summed E-state index contributed by atoms with van der Waals surface area (Å²) in [5.74, 6) is -1.13. The van der Waals surface area contributed by atoms with Crippen LogP contribution in [0.25, 0.3) is 0 Å². The predicted molar refractivity (Wildman–Crippen MR) is 100.0 cm³/mol. The van der Waals surface area contributed by atoms with Crippen molar-refractivity contribution in [3.63, 3.8) is 0 Å². The Labute approximate surface area is 156 Å². The van der Waals surface area contributed by atoms with E-state index in [9.17, 15) is 9.18 Å². The van der Waals surface area contributed by atoms with E-state index in [1.165, 1.54) is 26.4 Å². The molecule has 0 radical (unpaired) electrons. The van der Waals surface area contributed by atoms with E-state index in [0.29, 0.717) is 17.0 Å². The third-order valence-corrected chi connectivity index (χ3v) is 3.84. The summed E-state index contributed by atoms with van der Waals surface area (Å²) in [4.78, 5) is 12.5. The number of amidine groups is 1. The van der Waals surface area contributed by atoms with Crippen LogP contribution in [0, 0.1) is 11.2 Å². The van der Waals surface area contributed by atoms with Gasteiger partial charge in [-0.2, -0.15) is 0 Å². The Kier molecular flexibility index (Phi) is 6.59. The van der Waals surface area contributed by atoms with Crippen molar-refractivity contribution < 1.29 is 23.4 Å². The number of hydrogen-bond acceptors (Lipinski definition) is 6. The Morgan fingerprint density at radius 1 is 1.22 bits per heavy atom. The fourth-order valence-electron chi connectivity index (χ4n) is 2.47. The summed E-state index contributed by atoms with van der Waals surface area (Å²) in [7, 11) is 2.76. The average molecular weight is 375 g/mol. The molecule has 144 valence electrons. The van der Waals surface area contributed by atoms with Crippen LogP contribution in [0.15, 0.2) is 36.4 Å². The number of hydrogen-bond donors (Lipinski definition) is 3. The standard InChI is InChI=1S/C19H22FN3O4/c1-4-27-19(24)17(23-12-7-5-11(6-8-12)18(21)22)14-9-13(25-2)10-15(26-3)16(14)20/h5-10,17,23H,4H2,1-3H3,(H3,21,22). The van der Waals surface area contributed by atoms with E-state index in [4.69, 9.17) is 25.4 Å². The van der Waals surface area contributed by atoms with Crippen molar-refractivity contribution in [3.05, 3.63) is 53.3 Å². The Hall–Kier alpha value is -3.29. The highest BCUT2D eigenvalue weighted by Crippen LogP contribution is 2.33. The number of ether oxygens (including phenoxy) is 3. The van der Waals surface area contributed by atoms with Gasteiger partial charge in [0.05, 0.1) is 20.8 Å². The van der Waals surface area contributed by atoms with Gasteiger partial charge in [0.1, 0.15) is 11.6 Å². The fourth-order valence-corrected chi connectivity index (χ4v) is 2.47. The van der Waals surface area contributed by atoms with Crippen molar-refractivity contribution in [1.29, 1.82) is 5.41 Å². The zero-order chi connectivity index (χ0) is 20.0. The number of nitrogens with two attached hydrogens (primary N) is 1. The lowest BCUT2D eigenvalue weighted by Crippen LogP contribution is -2.24. The van der Waals surface area contributed by atoms with Gasteiger partial charge in [-0.1, -0.05) is 0 Å². The molecule has 0 bridgehead atoms. The molecule has 27 heavy (non-hydrogen) atoms. The molecule has 1 atom stereocenters. The minimum absolute atomic E-state index is 0.0281. The maximum Gasteiger partial charge on any atom is 0.333 e. The SMILES string of the molecule is CCOC(=O)C(Nc1ccc(C(=N)N)cc1)c1cc(OC)cc(OC)c1F. The van der Waals surface area contributed by atoms with Crippen LogP contribution in [0.3, 0.4) is 0 Å². The summed E-state index contributed by atoms with van der Waals surface area (Å²) in [6, 6.07) is 8.19. The average Bonchev–Trinajstić information content (AvgIpc) is 2.67. The summed E-state index contributed by atoms with van der Waals surface area (Å²) in [5.41, 5.74) is 6.52. The van der Waals surface area contributed by atoms with Crippen molar-refractivity contribution in [2.24, 2.45) is 5.73 Å². The molecule has 1 unspecified atom stereocenters. The molecule has 0 amide bonds. The van der Waals surface area contributed by atoms with Gasteiger partial charge >= 0.3 is 5.97 Å². The molecule has 0 saturated heterocycles. The van der Waals surface area contributed by atoms with E-state index in [1.54, 1.807) is 31.2 Å². The van der Waals surface area contributed by atoms with Crippen LogP contribution in [0.1, 0.15) is 24.1 Å². The van der Waals surface area contributed by atoms with E-state index in [2.05, 4.69) is 5.32 Å². The molecular formula is C19H22FN3O4. The smallest absolute Gasteiger partial charge is 0.333 e. The summed E-state index contributed by atoms with van der Waals surface area (Å²) in [6.07, 6.45) is 0. The van der Waals surface area contributed by atoms with Crippen molar-refractivity contribution in [3.8, 4) is 11.5 Å². The first kappa shape index (κ1) is 20.0. The zero-order valence-electron chi connectivity index (χ0n) is 15.3. The topological polar surface area (TPSA) is 107 Å². The van der Waals surface area contributed by atoms with Crippen LogP contribution in [-0.4, -0.2) is 32.6 Å². The molecule has 2 rings (SSSR count). The number of esters is 1. The Balaban J connectivity index is 2.46. The largest absolute Gasteiger partial charge is 0.497 e. The number of benzene rings is 2. The molecule has 0 heterocycles. The molecule has 0 aromatic heterocycles. The third kappa shape index (κ3) is 4.66. The molecule has 0 saturated carbocycles. The van der Waals surface area contributed by atoms with E-state index >= 15 is 0 Å². The normalized spacial score (nSPS) is 11.4. The highest BCUT2D eigenvalue weighted by molar-refractivity contribution is 5.95. The van der Waals surface area contributed by atoms with E-state index in [0.717, 1.165) is 0 Å². The van der Waals surface area contributed by atoms with E-state index < -0.39 is 17.8 Å². The molecule has 0 aliphatic heterocycles.